The van der Waals surface area contributed by atoms with Gasteiger partial charge in [-0.2, -0.15) is 0 Å². The quantitative estimate of drug-likeness (QED) is 0.638. The highest BCUT2D eigenvalue weighted by molar-refractivity contribution is 6.06. The zero-order valence-electron chi connectivity index (χ0n) is 13.4. The van der Waals surface area contributed by atoms with Gasteiger partial charge in [-0.25, -0.2) is 4.79 Å². The van der Waals surface area contributed by atoms with Crippen molar-refractivity contribution in [3.63, 3.8) is 0 Å². The fraction of sp³-hybridized carbons (Fsp3) is 0.111. The molecule has 122 valence electrons. The standard InChI is InChI=1S/C18H18N4O2/c1-22(2)13-6-7-16-14(9-13)17(15(10-20-16)18(23)24)21-12-5-3-4-11(19)8-12/h3-10H,19H2,1-2H3,(H,20,21)(H,23,24). The first-order chi connectivity index (χ1) is 11.5. The van der Waals surface area contributed by atoms with Crippen molar-refractivity contribution in [1.29, 1.82) is 0 Å². The molecule has 24 heavy (non-hydrogen) atoms. The number of hydrogen-bond acceptors (Lipinski definition) is 5. The number of carboxylic acids is 1. The third kappa shape index (κ3) is 2.94. The van der Waals surface area contributed by atoms with Crippen LogP contribution in [0.2, 0.25) is 0 Å². The highest BCUT2D eigenvalue weighted by atomic mass is 16.4. The third-order valence-corrected chi connectivity index (χ3v) is 3.75. The number of nitrogens with one attached hydrogen (secondary N) is 1. The van der Waals surface area contributed by atoms with Gasteiger partial charge < -0.3 is 21.1 Å². The summed E-state index contributed by atoms with van der Waals surface area (Å²) in [5, 5.41) is 13.4. The second kappa shape index (κ2) is 6.08. The number of nitrogens with two attached hydrogens (primary N) is 1. The Hall–Kier alpha value is -3.28. The van der Waals surface area contributed by atoms with Crippen molar-refractivity contribution < 1.29 is 9.90 Å². The maximum atomic E-state index is 11.6. The van der Waals surface area contributed by atoms with Crippen LogP contribution >= 0.6 is 0 Å². The van der Waals surface area contributed by atoms with Gasteiger partial charge in [-0.15, -0.1) is 0 Å². The highest BCUT2D eigenvalue weighted by Gasteiger charge is 2.16. The van der Waals surface area contributed by atoms with Crippen LogP contribution < -0.4 is 16.0 Å². The molecule has 6 heteroatoms. The number of carboxylic acid groups (broad SMARTS) is 1. The van der Waals surface area contributed by atoms with Gasteiger partial charge in [0.1, 0.15) is 5.56 Å². The Morgan fingerprint density at radius 1 is 1.21 bits per heavy atom. The molecule has 3 rings (SSSR count). The summed E-state index contributed by atoms with van der Waals surface area (Å²) < 4.78 is 0. The summed E-state index contributed by atoms with van der Waals surface area (Å²) in [6, 6.07) is 12.9. The number of hydrogen-bond donors (Lipinski definition) is 3. The molecule has 2 aromatic carbocycles. The molecule has 0 saturated carbocycles. The number of rotatable bonds is 4. The number of fused-ring (bicyclic) bond motifs is 1. The molecule has 0 aliphatic heterocycles. The maximum Gasteiger partial charge on any atom is 0.339 e. The fourth-order valence-electron chi connectivity index (χ4n) is 2.52. The molecular formula is C18H18N4O2. The summed E-state index contributed by atoms with van der Waals surface area (Å²) in [6.45, 7) is 0. The Balaban J connectivity index is 2.22. The molecule has 1 aromatic heterocycles. The topological polar surface area (TPSA) is 91.5 Å². The predicted molar refractivity (Wildman–Crippen MR) is 97.2 cm³/mol. The molecule has 0 aliphatic carbocycles. The lowest BCUT2D eigenvalue weighted by atomic mass is 10.1. The molecular weight excluding hydrogens is 304 g/mol. The molecule has 4 N–H and O–H groups in total. The van der Waals surface area contributed by atoms with E-state index in [1.165, 1.54) is 6.20 Å². The molecule has 1 heterocycles. The van der Waals surface area contributed by atoms with E-state index in [4.69, 9.17) is 5.73 Å². The lowest BCUT2D eigenvalue weighted by Crippen LogP contribution is -2.09. The summed E-state index contributed by atoms with van der Waals surface area (Å²) in [6.07, 6.45) is 1.37. The number of anilines is 4. The Labute approximate surface area is 139 Å². The molecule has 0 saturated heterocycles. The van der Waals surface area contributed by atoms with Crippen molar-refractivity contribution >= 4 is 39.6 Å². The molecule has 6 nitrogen and oxygen atoms in total. The largest absolute Gasteiger partial charge is 0.478 e. The van der Waals surface area contributed by atoms with Crippen molar-refractivity contribution in [2.75, 3.05) is 30.0 Å². The first kappa shape index (κ1) is 15.6. The third-order valence-electron chi connectivity index (χ3n) is 3.75. The van der Waals surface area contributed by atoms with Gasteiger partial charge >= 0.3 is 5.97 Å². The van der Waals surface area contributed by atoms with Crippen LogP contribution in [0.4, 0.5) is 22.7 Å². The van der Waals surface area contributed by atoms with Gasteiger partial charge in [0.05, 0.1) is 11.2 Å². The number of carbonyl (C=O) groups is 1. The average Bonchev–Trinajstić information content (AvgIpc) is 2.54. The van der Waals surface area contributed by atoms with Gasteiger partial charge in [0.25, 0.3) is 0 Å². The summed E-state index contributed by atoms with van der Waals surface area (Å²) in [4.78, 5) is 17.8. The van der Waals surface area contributed by atoms with E-state index >= 15 is 0 Å². The van der Waals surface area contributed by atoms with E-state index in [0.29, 0.717) is 11.4 Å². The Bertz CT molecular complexity index is 922. The zero-order valence-corrected chi connectivity index (χ0v) is 13.4. The molecule has 0 atom stereocenters. The molecule has 0 fully saturated rings. The summed E-state index contributed by atoms with van der Waals surface area (Å²) >= 11 is 0. The van der Waals surface area contributed by atoms with E-state index in [1.807, 2.05) is 49.3 Å². The summed E-state index contributed by atoms with van der Waals surface area (Å²) in [5.74, 6) is -1.04. The molecule has 3 aromatic rings. The monoisotopic (exact) mass is 322 g/mol. The van der Waals surface area contributed by atoms with E-state index in [1.54, 1.807) is 12.1 Å². The zero-order chi connectivity index (χ0) is 17.3. The van der Waals surface area contributed by atoms with E-state index in [2.05, 4.69) is 10.3 Å². The van der Waals surface area contributed by atoms with Gasteiger partial charge in [0.15, 0.2) is 0 Å². The van der Waals surface area contributed by atoms with Gasteiger partial charge in [-0.1, -0.05) is 6.07 Å². The van der Waals surface area contributed by atoms with Crippen molar-refractivity contribution in [1.82, 2.24) is 4.98 Å². The predicted octanol–water partition coefficient (Wildman–Crippen LogP) is 3.32. The van der Waals surface area contributed by atoms with Gasteiger partial charge in [0.2, 0.25) is 0 Å². The number of benzene rings is 2. The average molecular weight is 322 g/mol. The minimum Gasteiger partial charge on any atom is -0.478 e. The van der Waals surface area contributed by atoms with Crippen LogP contribution in [0.1, 0.15) is 10.4 Å². The number of nitrogen functional groups attached to an aromatic ring is 1. The van der Waals surface area contributed by atoms with Crippen molar-refractivity contribution in [2.24, 2.45) is 0 Å². The van der Waals surface area contributed by atoms with E-state index in [-0.39, 0.29) is 5.56 Å². The number of aromatic carboxylic acids is 1. The highest BCUT2D eigenvalue weighted by Crippen LogP contribution is 2.32. The maximum absolute atomic E-state index is 11.6. The molecule has 0 radical (unpaired) electrons. The fourth-order valence-corrected chi connectivity index (χ4v) is 2.52. The summed E-state index contributed by atoms with van der Waals surface area (Å²) in [5.41, 5.74) is 9.43. The lowest BCUT2D eigenvalue weighted by molar-refractivity contribution is 0.0697. The first-order valence-electron chi connectivity index (χ1n) is 7.41. The summed E-state index contributed by atoms with van der Waals surface area (Å²) in [7, 11) is 3.86. The van der Waals surface area contributed by atoms with E-state index in [0.717, 1.165) is 22.3 Å². The molecule has 0 aliphatic rings. The van der Waals surface area contributed by atoms with E-state index < -0.39 is 5.97 Å². The molecule has 0 bridgehead atoms. The SMILES string of the molecule is CN(C)c1ccc2ncc(C(=O)O)c(Nc3cccc(N)c3)c2c1. The van der Waals surface area contributed by atoms with Crippen molar-refractivity contribution in [3.05, 3.63) is 54.2 Å². The van der Waals surface area contributed by atoms with Crippen LogP contribution in [0.5, 0.6) is 0 Å². The number of pyridine rings is 1. The molecule has 0 spiro atoms. The van der Waals surface area contributed by atoms with Gasteiger partial charge in [0, 0.05) is 42.7 Å². The van der Waals surface area contributed by atoms with Crippen LogP contribution in [0.15, 0.2) is 48.7 Å². The smallest absolute Gasteiger partial charge is 0.339 e. The van der Waals surface area contributed by atoms with E-state index in [9.17, 15) is 9.90 Å². The first-order valence-corrected chi connectivity index (χ1v) is 7.41. The molecule has 0 unspecified atom stereocenters. The normalized spacial score (nSPS) is 10.6. The van der Waals surface area contributed by atoms with Crippen LogP contribution in [0.25, 0.3) is 10.9 Å². The Morgan fingerprint density at radius 3 is 2.67 bits per heavy atom. The Morgan fingerprint density at radius 2 is 2.00 bits per heavy atom. The second-order valence-corrected chi connectivity index (χ2v) is 5.70. The minimum absolute atomic E-state index is 0.112. The van der Waals surface area contributed by atoms with Crippen LogP contribution in [-0.4, -0.2) is 30.2 Å². The van der Waals surface area contributed by atoms with Gasteiger partial charge in [-0.3, -0.25) is 4.98 Å². The lowest BCUT2D eigenvalue weighted by Gasteiger charge is -2.16. The number of aromatic nitrogens is 1. The van der Waals surface area contributed by atoms with Gasteiger partial charge in [-0.05, 0) is 36.4 Å². The van der Waals surface area contributed by atoms with Crippen molar-refractivity contribution in [3.8, 4) is 0 Å². The molecule has 0 amide bonds. The second-order valence-electron chi connectivity index (χ2n) is 5.70. The van der Waals surface area contributed by atoms with Crippen LogP contribution in [0.3, 0.4) is 0 Å². The minimum atomic E-state index is -1.04. The Kier molecular flexibility index (Phi) is 3.95. The van der Waals surface area contributed by atoms with Crippen molar-refractivity contribution in [2.45, 2.75) is 0 Å². The van der Waals surface area contributed by atoms with Crippen LogP contribution in [-0.2, 0) is 0 Å². The van der Waals surface area contributed by atoms with Crippen LogP contribution in [0, 0.1) is 0 Å². The number of nitrogens with zero attached hydrogens (tertiary/aromatic N) is 2.